The molecule has 0 fully saturated rings. The molecule has 0 aliphatic heterocycles. The van der Waals surface area contributed by atoms with E-state index in [9.17, 15) is 14.7 Å². The van der Waals surface area contributed by atoms with E-state index in [0.29, 0.717) is 5.56 Å². The standard InChI is InChI=1S/C11H15NO3S/c1-6-5-9(7(2)16-6)10(11(14)15)12(4)8(3)13/h5,10H,1-4H3,(H,14,15). The van der Waals surface area contributed by atoms with Crippen LogP contribution in [-0.4, -0.2) is 28.9 Å². The van der Waals surface area contributed by atoms with Gasteiger partial charge in [-0.3, -0.25) is 4.79 Å². The second kappa shape index (κ2) is 4.65. The summed E-state index contributed by atoms with van der Waals surface area (Å²) in [6.07, 6.45) is 0. The molecule has 0 bridgehead atoms. The maximum absolute atomic E-state index is 11.2. The molecule has 1 atom stereocenters. The maximum atomic E-state index is 11.2. The lowest BCUT2D eigenvalue weighted by Gasteiger charge is -2.23. The molecule has 1 aromatic rings. The van der Waals surface area contributed by atoms with E-state index < -0.39 is 12.0 Å². The minimum absolute atomic E-state index is 0.254. The van der Waals surface area contributed by atoms with Crippen molar-refractivity contribution in [2.45, 2.75) is 26.8 Å². The third kappa shape index (κ3) is 2.41. The van der Waals surface area contributed by atoms with Gasteiger partial charge >= 0.3 is 5.97 Å². The molecule has 0 saturated heterocycles. The summed E-state index contributed by atoms with van der Waals surface area (Å²) in [5, 5.41) is 9.19. The van der Waals surface area contributed by atoms with E-state index in [-0.39, 0.29) is 5.91 Å². The number of rotatable bonds is 3. The van der Waals surface area contributed by atoms with E-state index in [0.717, 1.165) is 9.75 Å². The molecule has 0 aliphatic rings. The number of carbonyl (C=O) groups is 2. The van der Waals surface area contributed by atoms with Crippen LogP contribution in [0, 0.1) is 13.8 Å². The second-order valence-electron chi connectivity index (χ2n) is 3.74. The molecule has 1 aromatic heterocycles. The Morgan fingerprint density at radius 2 is 2.00 bits per heavy atom. The van der Waals surface area contributed by atoms with Crippen LogP contribution in [0.4, 0.5) is 0 Å². The van der Waals surface area contributed by atoms with Crippen LogP contribution in [0.15, 0.2) is 6.07 Å². The largest absolute Gasteiger partial charge is 0.479 e. The van der Waals surface area contributed by atoms with Gasteiger partial charge in [-0.1, -0.05) is 0 Å². The van der Waals surface area contributed by atoms with E-state index in [1.165, 1.54) is 18.9 Å². The number of aliphatic carboxylic acids is 1. The van der Waals surface area contributed by atoms with Gasteiger partial charge < -0.3 is 10.0 Å². The minimum atomic E-state index is -1.00. The van der Waals surface area contributed by atoms with Crippen molar-refractivity contribution in [2.24, 2.45) is 0 Å². The highest BCUT2D eigenvalue weighted by Crippen LogP contribution is 2.29. The average molecular weight is 241 g/mol. The van der Waals surface area contributed by atoms with Crippen molar-refractivity contribution < 1.29 is 14.7 Å². The van der Waals surface area contributed by atoms with E-state index in [2.05, 4.69) is 0 Å². The van der Waals surface area contributed by atoms with Gasteiger partial charge in [-0.15, -0.1) is 11.3 Å². The first kappa shape index (κ1) is 12.7. The summed E-state index contributed by atoms with van der Waals surface area (Å²) in [6, 6.07) is 0.945. The molecule has 1 unspecified atom stereocenters. The molecular weight excluding hydrogens is 226 g/mol. The number of hydrogen-bond donors (Lipinski definition) is 1. The third-order valence-electron chi connectivity index (χ3n) is 2.49. The van der Waals surface area contributed by atoms with Crippen LogP contribution in [0.25, 0.3) is 0 Å². The Bertz CT molecular complexity index is 425. The predicted molar refractivity (Wildman–Crippen MR) is 62.6 cm³/mol. The van der Waals surface area contributed by atoms with Crippen LogP contribution >= 0.6 is 11.3 Å². The van der Waals surface area contributed by atoms with Crippen LogP contribution in [-0.2, 0) is 9.59 Å². The molecule has 0 aromatic carbocycles. The van der Waals surface area contributed by atoms with Gasteiger partial charge in [0.2, 0.25) is 5.91 Å². The Hall–Kier alpha value is -1.36. The summed E-state index contributed by atoms with van der Waals surface area (Å²) < 4.78 is 0. The molecule has 0 saturated carbocycles. The first-order valence-electron chi connectivity index (χ1n) is 4.87. The fraction of sp³-hybridized carbons (Fsp3) is 0.455. The number of amides is 1. The Morgan fingerprint density at radius 3 is 2.31 bits per heavy atom. The number of carboxylic acid groups (broad SMARTS) is 1. The highest BCUT2D eigenvalue weighted by molar-refractivity contribution is 7.12. The zero-order valence-corrected chi connectivity index (χ0v) is 10.6. The molecule has 88 valence electrons. The van der Waals surface area contributed by atoms with Crippen molar-refractivity contribution in [2.75, 3.05) is 7.05 Å². The van der Waals surface area contributed by atoms with E-state index >= 15 is 0 Å². The molecule has 4 nitrogen and oxygen atoms in total. The van der Waals surface area contributed by atoms with E-state index in [1.807, 2.05) is 19.9 Å². The highest BCUT2D eigenvalue weighted by Gasteiger charge is 2.28. The van der Waals surface area contributed by atoms with Crippen molar-refractivity contribution in [3.8, 4) is 0 Å². The lowest BCUT2D eigenvalue weighted by molar-refractivity contribution is -0.148. The molecule has 0 radical (unpaired) electrons. The second-order valence-corrected chi connectivity index (χ2v) is 5.20. The number of nitrogens with zero attached hydrogens (tertiary/aromatic N) is 1. The number of thiophene rings is 1. The zero-order valence-electron chi connectivity index (χ0n) is 9.77. The summed E-state index contributed by atoms with van der Waals surface area (Å²) in [7, 11) is 1.51. The fourth-order valence-corrected chi connectivity index (χ4v) is 2.57. The summed E-state index contributed by atoms with van der Waals surface area (Å²) in [4.78, 5) is 25.7. The average Bonchev–Trinajstić information content (AvgIpc) is 2.45. The molecule has 1 rings (SSSR count). The first-order chi connectivity index (χ1) is 7.34. The first-order valence-corrected chi connectivity index (χ1v) is 5.69. The predicted octanol–water partition coefficient (Wildman–Crippen LogP) is 1.97. The summed E-state index contributed by atoms with van der Waals surface area (Å²) in [5.41, 5.74) is 0.702. The zero-order chi connectivity index (χ0) is 12.5. The van der Waals surface area contributed by atoms with Gasteiger partial charge in [-0.2, -0.15) is 0 Å². The Balaban J connectivity index is 3.17. The normalized spacial score (nSPS) is 12.2. The van der Waals surface area contributed by atoms with Crippen LogP contribution in [0.2, 0.25) is 0 Å². The maximum Gasteiger partial charge on any atom is 0.331 e. The van der Waals surface area contributed by atoms with Crippen molar-refractivity contribution in [1.29, 1.82) is 0 Å². The number of carbonyl (C=O) groups excluding carboxylic acids is 1. The number of hydrogen-bond acceptors (Lipinski definition) is 3. The Kier molecular flexibility index (Phi) is 3.70. The van der Waals surface area contributed by atoms with Crippen LogP contribution in [0.1, 0.15) is 28.3 Å². The van der Waals surface area contributed by atoms with Crippen LogP contribution in [0.5, 0.6) is 0 Å². The van der Waals surface area contributed by atoms with E-state index in [1.54, 1.807) is 11.3 Å². The molecule has 0 aliphatic carbocycles. The van der Waals surface area contributed by atoms with Gasteiger partial charge in [0.15, 0.2) is 6.04 Å². The number of aryl methyl sites for hydroxylation is 2. The number of likely N-dealkylation sites (N-methyl/N-ethyl adjacent to an activating group) is 1. The molecule has 1 N–H and O–H groups in total. The van der Waals surface area contributed by atoms with Gasteiger partial charge in [0.05, 0.1) is 0 Å². The van der Waals surface area contributed by atoms with Gasteiger partial charge in [0, 0.05) is 23.7 Å². The van der Waals surface area contributed by atoms with Crippen LogP contribution in [0.3, 0.4) is 0 Å². The summed E-state index contributed by atoms with van der Waals surface area (Å²) in [5.74, 6) is -1.26. The monoisotopic (exact) mass is 241 g/mol. The SMILES string of the molecule is CC(=O)N(C)C(C(=O)O)c1cc(C)sc1C. The number of carboxylic acids is 1. The molecule has 1 amide bonds. The lowest BCUT2D eigenvalue weighted by atomic mass is 10.1. The fourth-order valence-electron chi connectivity index (χ4n) is 1.61. The Morgan fingerprint density at radius 1 is 1.44 bits per heavy atom. The Labute approximate surface area is 98.5 Å². The van der Waals surface area contributed by atoms with Gasteiger partial charge in [0.1, 0.15) is 0 Å². The lowest BCUT2D eigenvalue weighted by Crippen LogP contribution is -2.34. The highest BCUT2D eigenvalue weighted by atomic mass is 32.1. The molecular formula is C11H15NO3S. The summed E-state index contributed by atoms with van der Waals surface area (Å²) >= 11 is 1.54. The van der Waals surface area contributed by atoms with Gasteiger partial charge in [-0.25, -0.2) is 4.79 Å². The topological polar surface area (TPSA) is 57.6 Å². The molecule has 0 spiro atoms. The quantitative estimate of drug-likeness (QED) is 0.880. The summed E-state index contributed by atoms with van der Waals surface area (Å²) in [6.45, 7) is 5.16. The smallest absolute Gasteiger partial charge is 0.331 e. The molecule has 1 heterocycles. The van der Waals surface area contributed by atoms with Crippen molar-refractivity contribution >= 4 is 23.2 Å². The molecule has 16 heavy (non-hydrogen) atoms. The van der Waals surface area contributed by atoms with Crippen LogP contribution < -0.4 is 0 Å². The van der Waals surface area contributed by atoms with Crippen molar-refractivity contribution in [3.63, 3.8) is 0 Å². The van der Waals surface area contributed by atoms with Crippen molar-refractivity contribution in [3.05, 3.63) is 21.4 Å². The van der Waals surface area contributed by atoms with E-state index in [4.69, 9.17) is 0 Å². The van der Waals surface area contributed by atoms with Gasteiger partial charge in [0.25, 0.3) is 0 Å². The third-order valence-corrected chi connectivity index (χ3v) is 3.47. The minimum Gasteiger partial charge on any atom is -0.479 e. The molecule has 5 heteroatoms. The van der Waals surface area contributed by atoms with Crippen molar-refractivity contribution in [1.82, 2.24) is 4.90 Å². The van der Waals surface area contributed by atoms with Gasteiger partial charge in [-0.05, 0) is 25.5 Å².